The fourth-order valence-corrected chi connectivity index (χ4v) is 3.89. The van der Waals surface area contributed by atoms with Crippen LogP contribution in [-0.2, 0) is 6.42 Å². The predicted molar refractivity (Wildman–Crippen MR) is 87.8 cm³/mol. The van der Waals surface area contributed by atoms with Crippen LogP contribution in [0.5, 0.6) is 5.75 Å². The Bertz CT molecular complexity index is 598. The van der Waals surface area contributed by atoms with E-state index in [1.165, 1.54) is 10.4 Å². The summed E-state index contributed by atoms with van der Waals surface area (Å²) >= 11 is 5.31. The molecule has 108 valence electrons. The summed E-state index contributed by atoms with van der Waals surface area (Å²) in [6, 6.07) is 6.52. The monoisotopic (exact) mass is 354 g/mol. The van der Waals surface area contributed by atoms with Crippen molar-refractivity contribution in [2.24, 2.45) is 0 Å². The van der Waals surface area contributed by atoms with Gasteiger partial charge in [-0.05, 0) is 60.9 Å². The highest BCUT2D eigenvalue weighted by Crippen LogP contribution is 2.30. The van der Waals surface area contributed by atoms with Gasteiger partial charge >= 0.3 is 0 Å². The summed E-state index contributed by atoms with van der Waals surface area (Å²) in [4.78, 5) is 5.83. The first-order chi connectivity index (χ1) is 9.55. The number of rotatable bonds is 5. The van der Waals surface area contributed by atoms with Crippen LogP contribution in [0.25, 0.3) is 0 Å². The molecule has 0 amide bonds. The molecule has 3 nitrogen and oxygen atoms in total. The highest BCUT2D eigenvalue weighted by atomic mass is 79.9. The molecule has 1 unspecified atom stereocenters. The van der Waals surface area contributed by atoms with E-state index in [0.29, 0.717) is 6.04 Å². The summed E-state index contributed by atoms with van der Waals surface area (Å²) < 4.78 is 6.26. The van der Waals surface area contributed by atoms with Crippen LogP contribution in [0.2, 0.25) is 0 Å². The van der Waals surface area contributed by atoms with E-state index in [4.69, 9.17) is 4.74 Å². The topological polar surface area (TPSA) is 34.1 Å². The molecule has 0 aliphatic rings. The number of halogens is 1. The third-order valence-corrected chi connectivity index (χ3v) is 5.07. The maximum atomic E-state index is 5.27. The Morgan fingerprint density at radius 3 is 2.65 bits per heavy atom. The van der Waals surface area contributed by atoms with Crippen LogP contribution in [0.3, 0.4) is 0 Å². The van der Waals surface area contributed by atoms with E-state index in [2.05, 4.69) is 52.2 Å². The number of hydrogen-bond donors (Lipinski definition) is 1. The van der Waals surface area contributed by atoms with Crippen molar-refractivity contribution in [2.45, 2.75) is 26.3 Å². The van der Waals surface area contributed by atoms with Gasteiger partial charge in [-0.3, -0.25) is 0 Å². The zero-order valence-corrected chi connectivity index (χ0v) is 14.6. The van der Waals surface area contributed by atoms with E-state index in [0.717, 1.165) is 27.3 Å². The maximum absolute atomic E-state index is 5.27. The molecule has 0 aliphatic heterocycles. The van der Waals surface area contributed by atoms with Gasteiger partial charge in [-0.25, -0.2) is 4.98 Å². The lowest BCUT2D eigenvalue weighted by Gasteiger charge is -2.16. The minimum absolute atomic E-state index is 0.293. The van der Waals surface area contributed by atoms with Crippen molar-refractivity contribution in [1.82, 2.24) is 10.3 Å². The minimum Gasteiger partial charge on any atom is -0.496 e. The summed E-state index contributed by atoms with van der Waals surface area (Å²) in [5.41, 5.74) is 2.39. The molecule has 0 saturated heterocycles. The fourth-order valence-electron chi connectivity index (χ4n) is 2.27. The Morgan fingerprint density at radius 2 is 2.15 bits per heavy atom. The number of thiazole rings is 1. The van der Waals surface area contributed by atoms with Crippen molar-refractivity contribution >= 4 is 27.3 Å². The molecular formula is C15H19BrN2OS. The highest BCUT2D eigenvalue weighted by Gasteiger charge is 2.17. The van der Waals surface area contributed by atoms with Crippen molar-refractivity contribution in [3.8, 4) is 5.75 Å². The van der Waals surface area contributed by atoms with Crippen LogP contribution in [0, 0.1) is 13.8 Å². The first-order valence-corrected chi connectivity index (χ1v) is 8.09. The van der Waals surface area contributed by atoms with E-state index in [9.17, 15) is 0 Å². The SMILES string of the molecule is CNC(Cc1ccc(OC)c(Br)c1)c1sc(C)nc1C. The lowest BCUT2D eigenvalue weighted by molar-refractivity contribution is 0.412. The zero-order chi connectivity index (χ0) is 14.7. The van der Waals surface area contributed by atoms with Crippen LogP contribution in [0.4, 0.5) is 0 Å². The summed E-state index contributed by atoms with van der Waals surface area (Å²) in [5.74, 6) is 0.861. The normalized spacial score (nSPS) is 12.4. The predicted octanol–water partition coefficient (Wildman–Crippen LogP) is 4.03. The highest BCUT2D eigenvalue weighted by molar-refractivity contribution is 9.10. The Morgan fingerprint density at radius 1 is 1.40 bits per heavy atom. The molecule has 2 rings (SSSR count). The van der Waals surface area contributed by atoms with Crippen molar-refractivity contribution < 1.29 is 4.74 Å². The Kier molecular flexibility index (Phi) is 5.18. The molecule has 0 fully saturated rings. The number of ether oxygens (including phenoxy) is 1. The van der Waals surface area contributed by atoms with Gasteiger partial charge in [0, 0.05) is 10.9 Å². The first-order valence-electron chi connectivity index (χ1n) is 6.48. The number of nitrogens with one attached hydrogen (secondary N) is 1. The summed E-state index contributed by atoms with van der Waals surface area (Å²) in [6.07, 6.45) is 0.932. The summed E-state index contributed by atoms with van der Waals surface area (Å²) in [5, 5.41) is 4.51. The van der Waals surface area contributed by atoms with E-state index >= 15 is 0 Å². The molecule has 0 bridgehead atoms. The number of nitrogens with zero attached hydrogens (tertiary/aromatic N) is 1. The maximum Gasteiger partial charge on any atom is 0.133 e. The molecule has 1 atom stereocenters. The third-order valence-electron chi connectivity index (χ3n) is 3.26. The Labute approximate surface area is 132 Å². The third kappa shape index (κ3) is 3.40. The van der Waals surface area contributed by atoms with Crippen molar-refractivity contribution in [1.29, 1.82) is 0 Å². The average molecular weight is 355 g/mol. The van der Waals surface area contributed by atoms with Gasteiger partial charge < -0.3 is 10.1 Å². The molecule has 2 aromatic rings. The van der Waals surface area contributed by atoms with Gasteiger partial charge in [-0.15, -0.1) is 11.3 Å². The van der Waals surface area contributed by atoms with Crippen molar-refractivity contribution in [2.75, 3.05) is 14.2 Å². The van der Waals surface area contributed by atoms with Gasteiger partial charge in [-0.1, -0.05) is 6.07 Å². The van der Waals surface area contributed by atoms with E-state index in [1.807, 2.05) is 13.1 Å². The molecule has 20 heavy (non-hydrogen) atoms. The average Bonchev–Trinajstić information content (AvgIpc) is 2.75. The van der Waals surface area contributed by atoms with Gasteiger partial charge in [0.15, 0.2) is 0 Å². The summed E-state index contributed by atoms with van der Waals surface area (Å²) in [6.45, 7) is 4.13. The molecule has 5 heteroatoms. The molecule has 0 spiro atoms. The van der Waals surface area contributed by atoms with Crippen LogP contribution < -0.4 is 10.1 Å². The standard InChI is InChI=1S/C15H19BrN2OS/c1-9-15(20-10(2)18-9)13(17-3)8-11-5-6-14(19-4)12(16)7-11/h5-7,13,17H,8H2,1-4H3. The smallest absolute Gasteiger partial charge is 0.133 e. The summed E-state index contributed by atoms with van der Waals surface area (Å²) in [7, 11) is 3.68. The van der Waals surface area contributed by atoms with Crippen LogP contribution in [0.1, 0.15) is 27.2 Å². The lowest BCUT2D eigenvalue weighted by Crippen LogP contribution is -2.18. The van der Waals surface area contributed by atoms with Gasteiger partial charge in [0.2, 0.25) is 0 Å². The van der Waals surface area contributed by atoms with Crippen LogP contribution in [0.15, 0.2) is 22.7 Å². The Hall–Kier alpha value is -0.910. The van der Waals surface area contributed by atoms with Crippen LogP contribution in [-0.4, -0.2) is 19.1 Å². The van der Waals surface area contributed by atoms with Crippen molar-refractivity contribution in [3.05, 3.63) is 43.8 Å². The van der Waals surface area contributed by atoms with Gasteiger partial charge in [0.25, 0.3) is 0 Å². The number of methoxy groups -OCH3 is 1. The number of hydrogen-bond acceptors (Lipinski definition) is 4. The van der Waals surface area contributed by atoms with Gasteiger partial charge in [-0.2, -0.15) is 0 Å². The molecule has 0 saturated carbocycles. The number of benzene rings is 1. The quantitative estimate of drug-likeness (QED) is 0.879. The molecule has 1 aromatic carbocycles. The molecule has 1 N–H and O–H groups in total. The lowest BCUT2D eigenvalue weighted by atomic mass is 10.0. The van der Waals surface area contributed by atoms with E-state index < -0.39 is 0 Å². The number of aromatic nitrogens is 1. The van der Waals surface area contributed by atoms with Crippen molar-refractivity contribution in [3.63, 3.8) is 0 Å². The molecule has 0 radical (unpaired) electrons. The molecule has 1 aromatic heterocycles. The minimum atomic E-state index is 0.293. The second-order valence-corrected chi connectivity index (χ2v) is 6.79. The van der Waals surface area contributed by atoms with Gasteiger partial charge in [0.1, 0.15) is 5.75 Å². The van der Waals surface area contributed by atoms with E-state index in [-0.39, 0.29) is 0 Å². The van der Waals surface area contributed by atoms with E-state index in [1.54, 1.807) is 18.4 Å². The zero-order valence-electron chi connectivity index (χ0n) is 12.2. The first kappa shape index (κ1) is 15.5. The molecule has 1 heterocycles. The second kappa shape index (κ2) is 6.70. The number of likely N-dealkylation sites (N-methyl/N-ethyl adjacent to an activating group) is 1. The fraction of sp³-hybridized carbons (Fsp3) is 0.400. The van der Waals surface area contributed by atoms with Gasteiger partial charge in [0.05, 0.1) is 22.3 Å². The largest absolute Gasteiger partial charge is 0.496 e. The second-order valence-electron chi connectivity index (χ2n) is 4.70. The number of aryl methyl sites for hydroxylation is 2. The molecule has 0 aliphatic carbocycles. The molecular weight excluding hydrogens is 336 g/mol. The Balaban J connectivity index is 2.22. The van der Waals surface area contributed by atoms with Crippen LogP contribution >= 0.6 is 27.3 Å².